The molecule has 2 aromatic rings. The van der Waals surface area contributed by atoms with E-state index in [2.05, 4.69) is 43.1 Å². The summed E-state index contributed by atoms with van der Waals surface area (Å²) in [4.78, 5) is 16.1. The van der Waals surface area contributed by atoms with Crippen molar-refractivity contribution in [3.8, 4) is 0 Å². The molecule has 1 amide bonds. The Bertz CT molecular complexity index is 544. The van der Waals surface area contributed by atoms with Gasteiger partial charge in [-0.15, -0.1) is 0 Å². The molecule has 2 heterocycles. The van der Waals surface area contributed by atoms with E-state index in [1.165, 1.54) is 12.4 Å². The van der Waals surface area contributed by atoms with Gasteiger partial charge in [0.1, 0.15) is 5.82 Å². The molecule has 0 aliphatic rings. The number of carbonyl (C=O) groups excluding carboxylic acids is 1. The third-order valence-corrected chi connectivity index (χ3v) is 3.25. The zero-order valence-corrected chi connectivity index (χ0v) is 11.2. The molecule has 0 bridgehead atoms. The van der Waals surface area contributed by atoms with Crippen LogP contribution in [0.15, 0.2) is 30.6 Å². The van der Waals surface area contributed by atoms with Crippen LogP contribution in [0.2, 0.25) is 0 Å². The van der Waals surface area contributed by atoms with Crippen LogP contribution in [0.3, 0.4) is 0 Å². The minimum Gasteiger partial charge on any atom is -0.307 e. The van der Waals surface area contributed by atoms with Gasteiger partial charge in [-0.05, 0) is 47.7 Å². The molecular weight excluding hydrogens is 331 g/mol. The first-order valence-corrected chi connectivity index (χ1v) is 5.96. The minimum atomic E-state index is -0.243. The highest BCUT2D eigenvalue weighted by molar-refractivity contribution is 14.1. The largest absolute Gasteiger partial charge is 0.307 e. The van der Waals surface area contributed by atoms with E-state index >= 15 is 0 Å². The fraction of sp³-hybridized carbons (Fsp3) is 0.0909. The van der Waals surface area contributed by atoms with Gasteiger partial charge in [0.25, 0.3) is 5.91 Å². The molecule has 0 unspecified atom stereocenters. The van der Waals surface area contributed by atoms with Crippen LogP contribution >= 0.6 is 22.6 Å². The van der Waals surface area contributed by atoms with E-state index in [9.17, 15) is 4.79 Å². The molecule has 0 aliphatic carbocycles. The van der Waals surface area contributed by atoms with Crippen LogP contribution in [0, 0.1) is 10.5 Å². The number of anilines is 1. The van der Waals surface area contributed by atoms with Gasteiger partial charge in [-0.25, -0.2) is 4.98 Å². The highest BCUT2D eigenvalue weighted by atomic mass is 127. The number of amides is 1. The summed E-state index contributed by atoms with van der Waals surface area (Å²) in [5.74, 6) is 0.290. The molecule has 86 valence electrons. The molecule has 0 spiro atoms. The topological polar surface area (TPSA) is 67.8 Å². The number of hydrogen-bond donors (Lipinski definition) is 1. The smallest absolute Gasteiger partial charge is 0.258 e. The van der Waals surface area contributed by atoms with Crippen LogP contribution in [-0.4, -0.2) is 21.1 Å². The first kappa shape index (κ1) is 11.9. The second-order valence-corrected chi connectivity index (χ2v) is 4.51. The Balaban J connectivity index is 2.16. The highest BCUT2D eigenvalue weighted by Gasteiger charge is 2.07. The summed E-state index contributed by atoms with van der Waals surface area (Å²) in [6.07, 6.45) is 2.89. The second kappa shape index (κ2) is 5.17. The predicted octanol–water partition coefficient (Wildman–Crippen LogP) is 2.04. The maximum absolute atomic E-state index is 11.8. The van der Waals surface area contributed by atoms with Crippen molar-refractivity contribution >= 4 is 34.3 Å². The van der Waals surface area contributed by atoms with Crippen LogP contribution in [0.1, 0.15) is 16.1 Å². The third-order valence-electron chi connectivity index (χ3n) is 2.11. The first-order chi connectivity index (χ1) is 8.16. The van der Waals surface area contributed by atoms with E-state index < -0.39 is 0 Å². The number of pyridine rings is 1. The van der Waals surface area contributed by atoms with E-state index in [0.717, 1.165) is 9.26 Å². The van der Waals surface area contributed by atoms with E-state index in [1.54, 1.807) is 12.1 Å². The first-order valence-electron chi connectivity index (χ1n) is 4.88. The Morgan fingerprint density at radius 3 is 2.76 bits per heavy atom. The number of rotatable bonds is 2. The molecule has 0 saturated heterocycles. The van der Waals surface area contributed by atoms with Crippen molar-refractivity contribution in [1.82, 2.24) is 15.2 Å². The van der Waals surface area contributed by atoms with E-state index in [1.807, 2.05) is 13.0 Å². The number of nitrogens with one attached hydrogen (secondary N) is 1. The number of aryl methyl sites for hydroxylation is 1. The number of hydrogen-bond acceptors (Lipinski definition) is 4. The Morgan fingerprint density at radius 1 is 1.29 bits per heavy atom. The van der Waals surface area contributed by atoms with Gasteiger partial charge in [-0.2, -0.15) is 10.2 Å². The Morgan fingerprint density at radius 2 is 2.12 bits per heavy atom. The molecule has 0 aromatic carbocycles. The average molecular weight is 340 g/mol. The van der Waals surface area contributed by atoms with Gasteiger partial charge in [-0.1, -0.05) is 0 Å². The lowest BCUT2D eigenvalue weighted by molar-refractivity contribution is 0.102. The number of nitrogens with zero attached hydrogens (tertiary/aromatic N) is 3. The molecule has 2 rings (SSSR count). The molecule has 1 N–H and O–H groups in total. The van der Waals surface area contributed by atoms with Gasteiger partial charge in [0, 0.05) is 3.57 Å². The van der Waals surface area contributed by atoms with Gasteiger partial charge < -0.3 is 5.32 Å². The maximum Gasteiger partial charge on any atom is 0.258 e. The standard InChI is InChI=1S/C11H9IN4O/c1-7-9(12)2-3-10(15-7)16-11(17)8-4-5-13-14-6-8/h2-6H,1H3,(H,15,16,17). The van der Waals surface area contributed by atoms with Crippen molar-refractivity contribution < 1.29 is 4.79 Å². The maximum atomic E-state index is 11.8. The van der Waals surface area contributed by atoms with E-state index in [0.29, 0.717) is 11.4 Å². The summed E-state index contributed by atoms with van der Waals surface area (Å²) >= 11 is 2.19. The van der Waals surface area contributed by atoms with Crippen molar-refractivity contribution in [3.05, 3.63) is 45.4 Å². The molecule has 5 nitrogen and oxygen atoms in total. The van der Waals surface area contributed by atoms with Crippen molar-refractivity contribution in [1.29, 1.82) is 0 Å². The predicted molar refractivity (Wildman–Crippen MR) is 71.7 cm³/mol. The number of carbonyl (C=O) groups is 1. The van der Waals surface area contributed by atoms with Crippen LogP contribution in [0.5, 0.6) is 0 Å². The monoisotopic (exact) mass is 340 g/mol. The highest BCUT2D eigenvalue weighted by Crippen LogP contribution is 2.13. The zero-order chi connectivity index (χ0) is 12.3. The summed E-state index contributed by atoms with van der Waals surface area (Å²) in [7, 11) is 0. The van der Waals surface area contributed by atoms with Crippen LogP contribution < -0.4 is 5.32 Å². The molecule has 0 fully saturated rings. The average Bonchev–Trinajstić information content (AvgIpc) is 2.35. The molecule has 2 aromatic heterocycles. The molecule has 0 aliphatic heterocycles. The van der Waals surface area contributed by atoms with Gasteiger partial charge in [0.05, 0.1) is 23.7 Å². The zero-order valence-electron chi connectivity index (χ0n) is 9.01. The molecule has 17 heavy (non-hydrogen) atoms. The molecule has 0 radical (unpaired) electrons. The quantitative estimate of drug-likeness (QED) is 0.850. The van der Waals surface area contributed by atoms with Crippen LogP contribution in [0.25, 0.3) is 0 Å². The van der Waals surface area contributed by atoms with Crippen LogP contribution in [-0.2, 0) is 0 Å². The van der Waals surface area contributed by atoms with Gasteiger partial charge in [0.15, 0.2) is 0 Å². The van der Waals surface area contributed by atoms with Crippen molar-refractivity contribution in [2.75, 3.05) is 5.32 Å². The molecule has 0 atom stereocenters. The SMILES string of the molecule is Cc1nc(NC(=O)c2ccnnc2)ccc1I. The van der Waals surface area contributed by atoms with E-state index in [-0.39, 0.29) is 5.91 Å². The normalized spacial score (nSPS) is 10.0. The summed E-state index contributed by atoms with van der Waals surface area (Å²) in [5.41, 5.74) is 1.34. The second-order valence-electron chi connectivity index (χ2n) is 3.35. The van der Waals surface area contributed by atoms with E-state index in [4.69, 9.17) is 0 Å². The summed E-state index contributed by atoms with van der Waals surface area (Å²) < 4.78 is 1.06. The Labute approximate surface area is 112 Å². The number of halogens is 1. The molecular formula is C11H9IN4O. The van der Waals surface area contributed by atoms with Crippen molar-refractivity contribution in [2.45, 2.75) is 6.92 Å². The fourth-order valence-electron chi connectivity index (χ4n) is 1.23. The fourth-order valence-corrected chi connectivity index (χ4v) is 1.53. The Hall–Kier alpha value is -1.57. The summed E-state index contributed by atoms with van der Waals surface area (Å²) in [6, 6.07) is 5.27. The lowest BCUT2D eigenvalue weighted by Gasteiger charge is -2.05. The van der Waals surface area contributed by atoms with Gasteiger partial charge in [-0.3, -0.25) is 4.79 Å². The van der Waals surface area contributed by atoms with Crippen LogP contribution in [0.4, 0.5) is 5.82 Å². The Kier molecular flexibility index (Phi) is 3.62. The van der Waals surface area contributed by atoms with Crippen molar-refractivity contribution in [2.24, 2.45) is 0 Å². The van der Waals surface area contributed by atoms with Crippen molar-refractivity contribution in [3.63, 3.8) is 0 Å². The van der Waals surface area contributed by atoms with Gasteiger partial charge >= 0.3 is 0 Å². The number of aromatic nitrogens is 3. The lowest BCUT2D eigenvalue weighted by Crippen LogP contribution is -2.13. The minimum absolute atomic E-state index is 0.243. The third kappa shape index (κ3) is 2.96. The van der Waals surface area contributed by atoms with Gasteiger partial charge in [0.2, 0.25) is 0 Å². The lowest BCUT2D eigenvalue weighted by atomic mass is 10.3. The summed E-state index contributed by atoms with van der Waals surface area (Å²) in [6.45, 7) is 1.89. The molecule has 6 heteroatoms. The summed E-state index contributed by atoms with van der Waals surface area (Å²) in [5, 5.41) is 9.97. The molecule has 0 saturated carbocycles.